The lowest BCUT2D eigenvalue weighted by Crippen LogP contribution is -2.25. The van der Waals surface area contributed by atoms with Gasteiger partial charge < -0.3 is 5.73 Å². The summed E-state index contributed by atoms with van der Waals surface area (Å²) >= 11 is 5.04. The van der Waals surface area contributed by atoms with Gasteiger partial charge in [-0.2, -0.15) is 10.5 Å². The van der Waals surface area contributed by atoms with Crippen LogP contribution in [0.2, 0.25) is 0 Å². The summed E-state index contributed by atoms with van der Waals surface area (Å²) in [6, 6.07) is 3.69. The first-order chi connectivity index (χ1) is 7.04. The quantitative estimate of drug-likeness (QED) is 0.522. The van der Waals surface area contributed by atoms with Crippen LogP contribution in [0.4, 0.5) is 0 Å². The zero-order chi connectivity index (χ0) is 12.2. The van der Waals surface area contributed by atoms with Gasteiger partial charge in [0.25, 0.3) is 0 Å². The molecule has 86 valence electrons. The highest BCUT2D eigenvalue weighted by molar-refractivity contribution is 7.90. The van der Waals surface area contributed by atoms with Crippen molar-refractivity contribution in [3.8, 4) is 12.1 Å². The maximum atomic E-state index is 10.5. The lowest BCUT2D eigenvalue weighted by atomic mass is 10.5. The monoisotopic (exact) mass is 252 g/mol. The van der Waals surface area contributed by atoms with Gasteiger partial charge in [-0.1, -0.05) is 0 Å². The average molecular weight is 253 g/mol. The fourth-order valence-corrected chi connectivity index (χ4v) is 1.09. The predicted octanol–water partition coefficient (Wildman–Crippen LogP) is -0.125. The van der Waals surface area contributed by atoms with Crippen molar-refractivity contribution in [1.29, 1.82) is 10.5 Å². The van der Waals surface area contributed by atoms with Crippen molar-refractivity contribution in [1.82, 2.24) is 4.72 Å². The second-order valence-corrected chi connectivity index (χ2v) is 4.61. The van der Waals surface area contributed by atoms with Crippen molar-refractivity contribution in [3.63, 3.8) is 0 Å². The molecule has 0 atom stereocenters. The number of hydrogen-bond donors (Lipinski definition) is 2. The fourth-order valence-electron chi connectivity index (χ4n) is 0.366. The van der Waals surface area contributed by atoms with Gasteiger partial charge in [-0.3, -0.25) is 0 Å². The Hall–Kier alpha value is -0.860. The number of hydrogen-bond acceptors (Lipinski definition) is 5. The van der Waals surface area contributed by atoms with Gasteiger partial charge in [0.05, 0.1) is 12.1 Å². The zero-order valence-corrected chi connectivity index (χ0v) is 9.68. The molecule has 0 aliphatic carbocycles. The summed E-state index contributed by atoms with van der Waals surface area (Å²) in [5.41, 5.74) is 4.92. The Morgan fingerprint density at radius 3 is 2.07 bits per heavy atom. The molecule has 0 bridgehead atoms. The number of sulfonamides is 1. The summed E-state index contributed by atoms with van der Waals surface area (Å²) in [5.74, 6) is 0. The van der Waals surface area contributed by atoms with E-state index in [9.17, 15) is 8.42 Å². The molecule has 3 N–H and O–H groups in total. The third-order valence-corrected chi connectivity index (χ3v) is 2.75. The highest BCUT2D eigenvalue weighted by atomic mass is 35.5. The molecular weight excluding hydrogens is 240 g/mol. The molecule has 0 saturated carbocycles. The topological polar surface area (TPSA) is 120 Å². The maximum Gasteiger partial charge on any atom is 0.225 e. The lowest BCUT2D eigenvalue weighted by molar-refractivity contribution is 0.587. The molecule has 0 aromatic rings. The highest BCUT2D eigenvalue weighted by Crippen LogP contribution is 1.87. The van der Waals surface area contributed by atoms with Gasteiger partial charge in [-0.05, 0) is 0 Å². The van der Waals surface area contributed by atoms with Gasteiger partial charge in [-0.25, -0.2) is 13.1 Å². The fraction of sp³-hybridized carbons (Fsp3) is 0.714. The Morgan fingerprint density at radius 1 is 1.27 bits per heavy atom. The number of nitrogens with one attached hydrogen (secondary N) is 1. The maximum absolute atomic E-state index is 10.5. The molecule has 6 nitrogen and oxygen atoms in total. The summed E-state index contributed by atoms with van der Waals surface area (Å²) in [6.07, 6.45) is 0.635. The van der Waals surface area contributed by atoms with Crippen molar-refractivity contribution in [2.24, 2.45) is 5.73 Å². The van der Waals surface area contributed by atoms with E-state index in [4.69, 9.17) is 27.9 Å². The Morgan fingerprint density at radius 2 is 1.80 bits per heavy atom. The van der Waals surface area contributed by atoms with E-state index in [0.29, 0.717) is 13.0 Å². The molecule has 8 heteroatoms. The summed E-state index contributed by atoms with van der Waals surface area (Å²) in [5, 5.41) is 15.3. The first-order valence-electron chi connectivity index (χ1n) is 4.01. The van der Waals surface area contributed by atoms with Crippen LogP contribution in [0.1, 0.15) is 12.8 Å². The summed E-state index contributed by atoms with van der Waals surface area (Å²) in [6.45, 7) is 0.613. The van der Waals surface area contributed by atoms with Crippen LogP contribution in [-0.4, -0.2) is 26.7 Å². The van der Waals surface area contributed by atoms with Gasteiger partial charge in [0.2, 0.25) is 10.0 Å². The number of nitrogens with zero attached hydrogens (tertiary/aromatic N) is 2. The van der Waals surface area contributed by atoms with E-state index in [0.717, 1.165) is 0 Å². The molecule has 0 aliphatic heterocycles. The second kappa shape index (κ2) is 11.2. The van der Waals surface area contributed by atoms with Crippen LogP contribution in [0.3, 0.4) is 0 Å². The van der Waals surface area contributed by atoms with Gasteiger partial charge in [0.15, 0.2) is 0 Å². The van der Waals surface area contributed by atoms with E-state index < -0.39 is 15.2 Å². The standard InChI is InChI=1S/C4H7ClN2O2S.C3H6N2/c5-4-10(8,9)7-3-1-2-6;4-2-1-3-5/h7H,1,3-4H2;1-2,4H2. The van der Waals surface area contributed by atoms with E-state index in [1.54, 1.807) is 6.07 Å². The average Bonchev–Trinajstić information content (AvgIpc) is 2.20. The van der Waals surface area contributed by atoms with E-state index >= 15 is 0 Å². The Bertz CT molecular complexity index is 317. The SMILES string of the molecule is N#CCCN.N#CCCNS(=O)(=O)CCl. The van der Waals surface area contributed by atoms with Crippen molar-refractivity contribution in [3.05, 3.63) is 0 Å². The minimum atomic E-state index is -3.33. The summed E-state index contributed by atoms with van der Waals surface area (Å²) in [4.78, 5) is 0. The molecule has 0 saturated heterocycles. The molecular formula is C7H13ClN4O2S. The Balaban J connectivity index is 0. The third kappa shape index (κ3) is 15.9. The largest absolute Gasteiger partial charge is 0.329 e. The van der Waals surface area contributed by atoms with Crippen molar-refractivity contribution >= 4 is 21.6 Å². The molecule has 0 aliphatic rings. The molecule has 0 aromatic heterocycles. The number of nitrogens with two attached hydrogens (primary N) is 1. The minimum absolute atomic E-state index is 0.131. The molecule has 0 spiro atoms. The molecule has 0 rings (SSSR count). The van der Waals surface area contributed by atoms with Crippen LogP contribution in [0.25, 0.3) is 0 Å². The van der Waals surface area contributed by atoms with E-state index in [1.165, 1.54) is 0 Å². The van der Waals surface area contributed by atoms with Gasteiger partial charge in [0.1, 0.15) is 5.21 Å². The van der Waals surface area contributed by atoms with Gasteiger partial charge in [0, 0.05) is 25.9 Å². The van der Waals surface area contributed by atoms with Crippen LogP contribution in [0.15, 0.2) is 0 Å². The molecule has 0 radical (unpaired) electrons. The minimum Gasteiger partial charge on any atom is -0.329 e. The molecule has 0 aromatic carbocycles. The zero-order valence-electron chi connectivity index (χ0n) is 8.11. The number of rotatable bonds is 5. The van der Waals surface area contributed by atoms with Crippen LogP contribution >= 0.6 is 11.6 Å². The van der Waals surface area contributed by atoms with Gasteiger partial charge >= 0.3 is 0 Å². The number of halogens is 1. The Labute approximate surface area is 94.7 Å². The van der Waals surface area contributed by atoms with Gasteiger partial charge in [-0.15, -0.1) is 11.6 Å². The van der Waals surface area contributed by atoms with Crippen LogP contribution in [0, 0.1) is 22.7 Å². The first kappa shape index (κ1) is 16.6. The highest BCUT2D eigenvalue weighted by Gasteiger charge is 2.04. The van der Waals surface area contributed by atoms with Crippen LogP contribution in [-0.2, 0) is 10.0 Å². The number of nitriles is 2. The smallest absolute Gasteiger partial charge is 0.225 e. The van der Waals surface area contributed by atoms with Crippen LogP contribution < -0.4 is 10.5 Å². The summed E-state index contributed by atoms with van der Waals surface area (Å²) in [7, 11) is -3.33. The van der Waals surface area contributed by atoms with Crippen molar-refractivity contribution in [2.75, 3.05) is 18.3 Å². The number of alkyl halides is 1. The summed E-state index contributed by atoms with van der Waals surface area (Å²) < 4.78 is 23.2. The normalized spacial score (nSPS) is 9.33. The molecule has 0 amide bonds. The van der Waals surface area contributed by atoms with E-state index in [1.807, 2.05) is 6.07 Å². The molecule has 0 fully saturated rings. The second-order valence-electron chi connectivity index (χ2n) is 2.22. The van der Waals surface area contributed by atoms with Crippen molar-refractivity contribution in [2.45, 2.75) is 12.8 Å². The third-order valence-electron chi connectivity index (χ3n) is 0.959. The predicted molar refractivity (Wildman–Crippen MR) is 57.2 cm³/mol. The lowest BCUT2D eigenvalue weighted by Gasteiger charge is -1.97. The van der Waals surface area contributed by atoms with E-state index in [2.05, 4.69) is 4.72 Å². The molecule has 15 heavy (non-hydrogen) atoms. The Kier molecular flexibility index (Phi) is 12.4. The molecule has 0 heterocycles. The van der Waals surface area contributed by atoms with E-state index in [-0.39, 0.29) is 13.0 Å². The van der Waals surface area contributed by atoms with Crippen LogP contribution in [0.5, 0.6) is 0 Å². The molecule has 0 unspecified atom stereocenters. The van der Waals surface area contributed by atoms with Crippen molar-refractivity contribution < 1.29 is 8.42 Å². The first-order valence-corrected chi connectivity index (χ1v) is 6.20.